The van der Waals surface area contributed by atoms with Crippen LogP contribution < -0.4 is 5.32 Å². The van der Waals surface area contributed by atoms with Crippen molar-refractivity contribution in [3.63, 3.8) is 0 Å². The normalized spacial score (nSPS) is 12.3. The van der Waals surface area contributed by atoms with Gasteiger partial charge in [0.2, 0.25) is 11.8 Å². The summed E-state index contributed by atoms with van der Waals surface area (Å²) in [6.07, 6.45) is 1.92. The van der Waals surface area contributed by atoms with Gasteiger partial charge < -0.3 is 15.0 Å². The predicted molar refractivity (Wildman–Crippen MR) is 149 cm³/mol. The molecular weight excluding hydrogens is 483 g/mol. The SMILES string of the molecule is COCCCN(CC(=O)Nc1cc(-c2ccccc2)nn1-c1ccc(F)cc1)C(=O)CC(C)CC(C)(C)C. The van der Waals surface area contributed by atoms with Gasteiger partial charge in [0.25, 0.3) is 0 Å². The third-order valence-electron chi connectivity index (χ3n) is 6.07. The summed E-state index contributed by atoms with van der Waals surface area (Å²) in [6.45, 7) is 9.39. The number of amides is 2. The highest BCUT2D eigenvalue weighted by molar-refractivity contribution is 5.94. The molecule has 1 aromatic heterocycles. The molecule has 0 saturated carbocycles. The molecule has 0 aliphatic rings. The average Bonchev–Trinajstić information content (AvgIpc) is 3.27. The first-order valence-corrected chi connectivity index (χ1v) is 13.0. The van der Waals surface area contributed by atoms with E-state index >= 15 is 0 Å². The lowest BCUT2D eigenvalue weighted by Crippen LogP contribution is -2.40. The van der Waals surface area contributed by atoms with Crippen LogP contribution in [0.3, 0.4) is 0 Å². The van der Waals surface area contributed by atoms with Gasteiger partial charge in [-0.15, -0.1) is 0 Å². The standard InChI is InChI=1S/C30H39FN4O3/c1-22(20-30(2,3)4)18-29(37)34(16-9-17-38-5)21-28(36)32-27-19-26(23-10-7-6-8-11-23)33-35(27)25-14-12-24(31)13-15-25/h6-8,10-15,19,22H,9,16-18,20-21H2,1-5H3,(H,32,36). The quantitative estimate of drug-likeness (QED) is 0.299. The minimum absolute atomic E-state index is 0.0509. The van der Waals surface area contributed by atoms with E-state index in [0.717, 1.165) is 12.0 Å². The van der Waals surface area contributed by atoms with E-state index in [2.05, 4.69) is 38.1 Å². The Morgan fingerprint density at radius 3 is 2.42 bits per heavy atom. The molecule has 0 saturated heterocycles. The van der Waals surface area contributed by atoms with Crippen LogP contribution in [0.5, 0.6) is 0 Å². The molecule has 8 heteroatoms. The third-order valence-corrected chi connectivity index (χ3v) is 6.07. The average molecular weight is 523 g/mol. The molecule has 0 spiro atoms. The van der Waals surface area contributed by atoms with E-state index in [0.29, 0.717) is 43.2 Å². The second kappa shape index (κ2) is 13.3. The fourth-order valence-corrected chi connectivity index (χ4v) is 4.59. The maximum absolute atomic E-state index is 13.6. The predicted octanol–water partition coefficient (Wildman–Crippen LogP) is 5.94. The molecule has 0 aliphatic heterocycles. The van der Waals surface area contributed by atoms with Crippen molar-refractivity contribution >= 4 is 17.6 Å². The Bertz CT molecular complexity index is 1190. The summed E-state index contributed by atoms with van der Waals surface area (Å²) < 4.78 is 20.3. The van der Waals surface area contributed by atoms with Gasteiger partial charge in [0, 0.05) is 38.3 Å². The van der Waals surface area contributed by atoms with Crippen LogP contribution in [-0.4, -0.2) is 53.3 Å². The van der Waals surface area contributed by atoms with Crippen LogP contribution in [0.2, 0.25) is 0 Å². The van der Waals surface area contributed by atoms with Crippen molar-refractivity contribution in [2.75, 3.05) is 32.1 Å². The molecule has 3 aromatic rings. The molecule has 1 N–H and O–H groups in total. The Kier molecular flexibility index (Phi) is 10.2. The zero-order chi connectivity index (χ0) is 27.7. The largest absolute Gasteiger partial charge is 0.385 e. The van der Waals surface area contributed by atoms with Crippen LogP contribution in [0.4, 0.5) is 10.2 Å². The zero-order valence-electron chi connectivity index (χ0n) is 23.0. The number of halogens is 1. The Morgan fingerprint density at radius 1 is 1.11 bits per heavy atom. The van der Waals surface area contributed by atoms with E-state index in [9.17, 15) is 14.0 Å². The van der Waals surface area contributed by atoms with Crippen LogP contribution in [-0.2, 0) is 14.3 Å². The van der Waals surface area contributed by atoms with E-state index in [4.69, 9.17) is 4.74 Å². The summed E-state index contributed by atoms with van der Waals surface area (Å²) >= 11 is 0. The molecular formula is C30H39FN4O3. The van der Waals surface area contributed by atoms with E-state index in [1.807, 2.05) is 30.3 Å². The van der Waals surface area contributed by atoms with Crippen LogP contribution in [0, 0.1) is 17.2 Å². The lowest BCUT2D eigenvalue weighted by atomic mass is 9.84. The first-order chi connectivity index (χ1) is 18.1. The zero-order valence-corrected chi connectivity index (χ0v) is 23.0. The number of methoxy groups -OCH3 is 1. The van der Waals surface area contributed by atoms with Gasteiger partial charge in [-0.05, 0) is 48.4 Å². The number of nitrogens with one attached hydrogen (secondary N) is 1. The minimum atomic E-state index is -0.360. The lowest BCUT2D eigenvalue weighted by Gasteiger charge is -2.27. The van der Waals surface area contributed by atoms with Crippen LogP contribution in [0.25, 0.3) is 16.9 Å². The summed E-state index contributed by atoms with van der Waals surface area (Å²) in [4.78, 5) is 28.0. The number of benzene rings is 2. The number of nitrogens with zero attached hydrogens (tertiary/aromatic N) is 3. The van der Waals surface area contributed by atoms with E-state index < -0.39 is 0 Å². The smallest absolute Gasteiger partial charge is 0.245 e. The first kappa shape index (κ1) is 29.0. The van der Waals surface area contributed by atoms with Gasteiger partial charge in [-0.2, -0.15) is 5.10 Å². The van der Waals surface area contributed by atoms with Gasteiger partial charge in [0.1, 0.15) is 11.6 Å². The molecule has 204 valence electrons. The van der Waals surface area contributed by atoms with Gasteiger partial charge in [0.05, 0.1) is 17.9 Å². The summed E-state index contributed by atoms with van der Waals surface area (Å²) in [5.74, 6) is -0.109. The highest BCUT2D eigenvalue weighted by Crippen LogP contribution is 2.27. The molecule has 0 radical (unpaired) electrons. The fraction of sp³-hybridized carbons (Fsp3) is 0.433. The number of anilines is 1. The lowest BCUT2D eigenvalue weighted by molar-refractivity contribution is -0.135. The van der Waals surface area contributed by atoms with Crippen molar-refractivity contribution in [3.8, 4) is 16.9 Å². The summed E-state index contributed by atoms with van der Waals surface area (Å²) in [7, 11) is 1.62. The van der Waals surface area contributed by atoms with E-state index in [1.54, 1.807) is 34.9 Å². The highest BCUT2D eigenvalue weighted by Gasteiger charge is 2.23. The summed E-state index contributed by atoms with van der Waals surface area (Å²) in [5, 5.41) is 7.59. The molecule has 1 unspecified atom stereocenters. The summed E-state index contributed by atoms with van der Waals surface area (Å²) in [5.41, 5.74) is 2.27. The monoisotopic (exact) mass is 522 g/mol. The maximum Gasteiger partial charge on any atom is 0.245 e. The molecule has 1 heterocycles. The Hall–Kier alpha value is -3.52. The number of carbonyl (C=O) groups excluding carboxylic acids is 2. The Balaban J connectivity index is 1.80. The summed E-state index contributed by atoms with van der Waals surface area (Å²) in [6, 6.07) is 17.3. The third kappa shape index (κ3) is 8.80. The van der Waals surface area contributed by atoms with Gasteiger partial charge in [0.15, 0.2) is 0 Å². The number of carbonyl (C=O) groups is 2. The second-order valence-corrected chi connectivity index (χ2v) is 11.0. The van der Waals surface area contributed by atoms with Crippen molar-refractivity contribution in [3.05, 3.63) is 66.5 Å². The highest BCUT2D eigenvalue weighted by atomic mass is 19.1. The van der Waals surface area contributed by atoms with Crippen molar-refractivity contribution in [2.24, 2.45) is 11.3 Å². The van der Waals surface area contributed by atoms with Crippen molar-refractivity contribution in [1.29, 1.82) is 0 Å². The van der Waals surface area contributed by atoms with Crippen molar-refractivity contribution in [2.45, 2.75) is 47.0 Å². The minimum Gasteiger partial charge on any atom is -0.385 e. The van der Waals surface area contributed by atoms with Gasteiger partial charge in [-0.3, -0.25) is 9.59 Å². The number of hydrogen-bond donors (Lipinski definition) is 1. The molecule has 1 atom stereocenters. The maximum atomic E-state index is 13.6. The van der Waals surface area contributed by atoms with Gasteiger partial charge >= 0.3 is 0 Å². The number of aromatic nitrogens is 2. The fourth-order valence-electron chi connectivity index (χ4n) is 4.59. The van der Waals surface area contributed by atoms with Crippen LogP contribution >= 0.6 is 0 Å². The molecule has 3 rings (SSSR count). The van der Waals surface area contributed by atoms with Gasteiger partial charge in [-0.25, -0.2) is 9.07 Å². The second-order valence-electron chi connectivity index (χ2n) is 11.0. The molecule has 2 aromatic carbocycles. The molecule has 7 nitrogen and oxygen atoms in total. The molecule has 2 amide bonds. The Morgan fingerprint density at radius 2 is 1.79 bits per heavy atom. The first-order valence-electron chi connectivity index (χ1n) is 13.0. The molecule has 0 fully saturated rings. The molecule has 0 aliphatic carbocycles. The molecule has 0 bridgehead atoms. The van der Waals surface area contributed by atoms with Crippen molar-refractivity contribution < 1.29 is 18.7 Å². The molecule has 38 heavy (non-hydrogen) atoms. The Labute approximate surface area is 225 Å². The number of rotatable bonds is 12. The van der Waals surface area contributed by atoms with Crippen LogP contribution in [0.1, 0.15) is 47.0 Å². The van der Waals surface area contributed by atoms with Crippen molar-refractivity contribution in [1.82, 2.24) is 14.7 Å². The number of ether oxygens (including phenoxy) is 1. The van der Waals surface area contributed by atoms with E-state index in [1.165, 1.54) is 12.1 Å². The van der Waals surface area contributed by atoms with Crippen LogP contribution in [0.15, 0.2) is 60.7 Å². The topological polar surface area (TPSA) is 76.5 Å². The van der Waals surface area contributed by atoms with E-state index in [-0.39, 0.29) is 35.5 Å². The number of hydrogen-bond acceptors (Lipinski definition) is 4. The van der Waals surface area contributed by atoms with Gasteiger partial charge in [-0.1, -0.05) is 58.0 Å².